The van der Waals surface area contributed by atoms with Crippen molar-refractivity contribution in [3.8, 4) is 0 Å². The second-order valence-corrected chi connectivity index (χ2v) is 3.24. The predicted octanol–water partition coefficient (Wildman–Crippen LogP) is 1.60. The number of pyridine rings is 1. The third-order valence-electron chi connectivity index (χ3n) is 2.32. The van der Waals surface area contributed by atoms with Crippen molar-refractivity contribution in [1.29, 1.82) is 0 Å². The number of nitrogen functional groups attached to an aromatic ring is 1. The van der Waals surface area contributed by atoms with Gasteiger partial charge in [0, 0.05) is 13.0 Å². The number of imidazole rings is 1. The van der Waals surface area contributed by atoms with Crippen molar-refractivity contribution >= 4 is 16.9 Å². The van der Waals surface area contributed by atoms with Gasteiger partial charge in [-0.15, -0.1) is 0 Å². The van der Waals surface area contributed by atoms with E-state index in [-0.39, 0.29) is 0 Å². The van der Waals surface area contributed by atoms with E-state index < -0.39 is 0 Å². The Balaban J connectivity index is 2.73. The van der Waals surface area contributed by atoms with E-state index in [1.807, 2.05) is 6.07 Å². The molecule has 74 valence electrons. The van der Waals surface area contributed by atoms with E-state index in [0.29, 0.717) is 5.69 Å². The number of nitrogens with two attached hydrogens (primary N) is 1. The van der Waals surface area contributed by atoms with E-state index >= 15 is 0 Å². The van der Waals surface area contributed by atoms with Crippen molar-refractivity contribution in [3.05, 3.63) is 18.1 Å². The molecule has 2 N–H and O–H groups in total. The van der Waals surface area contributed by atoms with Crippen molar-refractivity contribution in [3.63, 3.8) is 0 Å². The minimum atomic E-state index is 0.668. The Hall–Kier alpha value is -1.58. The van der Waals surface area contributed by atoms with Gasteiger partial charge in [-0.25, -0.2) is 9.97 Å². The first-order valence-corrected chi connectivity index (χ1v) is 4.86. The maximum atomic E-state index is 5.65. The van der Waals surface area contributed by atoms with Crippen LogP contribution in [0.25, 0.3) is 11.2 Å². The Morgan fingerprint density at radius 3 is 2.86 bits per heavy atom. The fraction of sp³-hybridized carbons (Fsp3) is 0.400. The van der Waals surface area contributed by atoms with Crippen LogP contribution in [0.1, 0.15) is 19.7 Å². The molecule has 0 spiro atoms. The summed E-state index contributed by atoms with van der Waals surface area (Å²) >= 11 is 0. The van der Waals surface area contributed by atoms with Crippen molar-refractivity contribution in [2.45, 2.75) is 26.8 Å². The van der Waals surface area contributed by atoms with Gasteiger partial charge in [0.1, 0.15) is 11.3 Å². The van der Waals surface area contributed by atoms with Crippen LogP contribution in [0.5, 0.6) is 0 Å². The van der Waals surface area contributed by atoms with Crippen molar-refractivity contribution in [2.24, 2.45) is 0 Å². The van der Waals surface area contributed by atoms with Crippen LogP contribution < -0.4 is 5.73 Å². The highest BCUT2D eigenvalue weighted by atomic mass is 15.1. The third kappa shape index (κ3) is 1.23. The number of nitrogens with zero attached hydrogens (tertiary/aromatic N) is 3. The molecule has 0 aliphatic carbocycles. The molecule has 2 heterocycles. The summed E-state index contributed by atoms with van der Waals surface area (Å²) in [6, 6.07) is 1.87. The van der Waals surface area contributed by atoms with Crippen molar-refractivity contribution in [1.82, 2.24) is 14.5 Å². The summed E-state index contributed by atoms with van der Waals surface area (Å²) in [5.41, 5.74) is 8.14. The molecule has 0 saturated heterocycles. The molecule has 0 aliphatic heterocycles. The Morgan fingerprint density at radius 1 is 1.43 bits per heavy atom. The number of aryl methyl sites for hydroxylation is 2. The Labute approximate surface area is 82.8 Å². The monoisotopic (exact) mass is 190 g/mol. The summed E-state index contributed by atoms with van der Waals surface area (Å²) in [6.07, 6.45) is 2.60. The molecule has 0 fully saturated rings. The van der Waals surface area contributed by atoms with Gasteiger partial charge in [0.05, 0.1) is 11.9 Å². The first kappa shape index (κ1) is 8.99. The number of hydrogen-bond acceptors (Lipinski definition) is 3. The third-order valence-corrected chi connectivity index (χ3v) is 2.32. The topological polar surface area (TPSA) is 56.7 Å². The van der Waals surface area contributed by atoms with Gasteiger partial charge in [-0.2, -0.15) is 0 Å². The number of anilines is 1. The lowest BCUT2D eigenvalue weighted by Gasteiger charge is -2.01. The van der Waals surface area contributed by atoms with E-state index in [4.69, 9.17) is 5.73 Å². The number of fused-ring (bicyclic) bond motifs is 1. The molecule has 4 nitrogen and oxygen atoms in total. The fourth-order valence-electron chi connectivity index (χ4n) is 1.68. The lowest BCUT2D eigenvalue weighted by molar-refractivity contribution is 0.719. The van der Waals surface area contributed by atoms with Gasteiger partial charge in [-0.05, 0) is 13.0 Å². The fourth-order valence-corrected chi connectivity index (χ4v) is 1.68. The predicted molar refractivity (Wildman–Crippen MR) is 57.0 cm³/mol. The lowest BCUT2D eigenvalue weighted by atomic mass is 10.4. The highest BCUT2D eigenvalue weighted by molar-refractivity contribution is 5.74. The van der Waals surface area contributed by atoms with Gasteiger partial charge >= 0.3 is 0 Å². The zero-order chi connectivity index (χ0) is 10.1. The highest BCUT2D eigenvalue weighted by Gasteiger charge is 2.08. The Morgan fingerprint density at radius 2 is 2.21 bits per heavy atom. The minimum Gasteiger partial charge on any atom is -0.397 e. The first-order chi connectivity index (χ1) is 6.76. The van der Waals surface area contributed by atoms with E-state index in [1.54, 1.807) is 6.20 Å². The summed E-state index contributed by atoms with van der Waals surface area (Å²) < 4.78 is 2.12. The molecule has 0 atom stereocenters. The zero-order valence-electron chi connectivity index (χ0n) is 8.49. The molecular formula is C10H14N4. The van der Waals surface area contributed by atoms with Crippen LogP contribution in [0, 0.1) is 0 Å². The summed E-state index contributed by atoms with van der Waals surface area (Å²) in [4.78, 5) is 8.78. The summed E-state index contributed by atoms with van der Waals surface area (Å²) in [5.74, 6) is 1.07. The average Bonchev–Trinajstić information content (AvgIpc) is 2.54. The smallest absolute Gasteiger partial charge is 0.160 e. The van der Waals surface area contributed by atoms with E-state index in [1.165, 1.54) is 0 Å². The lowest BCUT2D eigenvalue weighted by Crippen LogP contribution is -2.00. The molecule has 0 radical (unpaired) electrons. The molecule has 0 bridgehead atoms. The van der Waals surface area contributed by atoms with Gasteiger partial charge < -0.3 is 10.3 Å². The second-order valence-electron chi connectivity index (χ2n) is 3.24. The van der Waals surface area contributed by atoms with Crippen molar-refractivity contribution < 1.29 is 0 Å². The largest absolute Gasteiger partial charge is 0.397 e. The quantitative estimate of drug-likeness (QED) is 0.782. The van der Waals surface area contributed by atoms with E-state index in [2.05, 4.69) is 28.4 Å². The molecule has 0 unspecified atom stereocenters. The van der Waals surface area contributed by atoms with Gasteiger partial charge in [0.25, 0.3) is 0 Å². The first-order valence-electron chi connectivity index (χ1n) is 4.86. The molecule has 2 aromatic heterocycles. The second kappa shape index (κ2) is 3.29. The Kier molecular flexibility index (Phi) is 2.11. The molecule has 0 aliphatic rings. The van der Waals surface area contributed by atoms with Crippen LogP contribution in [-0.2, 0) is 13.0 Å². The highest BCUT2D eigenvalue weighted by Crippen LogP contribution is 2.16. The van der Waals surface area contributed by atoms with Crippen LogP contribution in [0.4, 0.5) is 5.69 Å². The number of rotatable bonds is 2. The van der Waals surface area contributed by atoms with Crippen LogP contribution in [0.2, 0.25) is 0 Å². The van der Waals surface area contributed by atoms with Crippen LogP contribution >= 0.6 is 0 Å². The molecule has 2 rings (SSSR count). The van der Waals surface area contributed by atoms with Gasteiger partial charge in [-0.3, -0.25) is 0 Å². The summed E-state index contributed by atoms with van der Waals surface area (Å²) in [5, 5.41) is 0. The maximum Gasteiger partial charge on any atom is 0.160 e. The molecule has 2 aromatic rings. The number of aromatic nitrogens is 3. The van der Waals surface area contributed by atoms with Gasteiger partial charge in [0.2, 0.25) is 0 Å². The Bertz CT molecular complexity index is 458. The van der Waals surface area contributed by atoms with E-state index in [0.717, 1.165) is 30.0 Å². The van der Waals surface area contributed by atoms with Gasteiger partial charge in [-0.1, -0.05) is 6.92 Å². The summed E-state index contributed by atoms with van der Waals surface area (Å²) in [6.45, 7) is 5.09. The summed E-state index contributed by atoms with van der Waals surface area (Å²) in [7, 11) is 0. The van der Waals surface area contributed by atoms with E-state index in [9.17, 15) is 0 Å². The molecule has 4 heteroatoms. The molecule has 14 heavy (non-hydrogen) atoms. The van der Waals surface area contributed by atoms with Gasteiger partial charge in [0.15, 0.2) is 5.65 Å². The molecule has 0 aromatic carbocycles. The standard InChI is InChI=1S/C10H14N4/c1-3-9-13-8-5-7(11)6-12-10(8)14(9)4-2/h5-6H,3-4,11H2,1-2H3. The molecular weight excluding hydrogens is 176 g/mol. The average molecular weight is 190 g/mol. The minimum absolute atomic E-state index is 0.668. The van der Waals surface area contributed by atoms with Crippen LogP contribution in [0.15, 0.2) is 12.3 Å². The normalized spacial score (nSPS) is 11.0. The zero-order valence-corrected chi connectivity index (χ0v) is 8.49. The maximum absolute atomic E-state index is 5.65. The van der Waals surface area contributed by atoms with Crippen molar-refractivity contribution in [2.75, 3.05) is 5.73 Å². The number of hydrogen-bond donors (Lipinski definition) is 1. The molecule has 0 amide bonds. The van der Waals surface area contributed by atoms with Crippen LogP contribution in [-0.4, -0.2) is 14.5 Å². The molecule has 0 saturated carbocycles. The SMILES string of the molecule is CCc1nc2cc(N)cnc2n1CC. The van der Waals surface area contributed by atoms with Crippen LogP contribution in [0.3, 0.4) is 0 Å².